The Morgan fingerprint density at radius 1 is 0.774 bits per heavy atom. The van der Waals surface area contributed by atoms with Crippen LogP contribution in [-0.4, -0.2) is 30.1 Å². The summed E-state index contributed by atoms with van der Waals surface area (Å²) in [5, 5.41) is 3.82. The van der Waals surface area contributed by atoms with E-state index >= 15 is 0 Å². The number of aryl methyl sites for hydroxylation is 1. The quantitative estimate of drug-likeness (QED) is 0.566. The van der Waals surface area contributed by atoms with E-state index in [0.29, 0.717) is 12.1 Å². The second kappa shape index (κ2) is 10.7. The molecule has 3 aliphatic rings. The molecule has 3 saturated heterocycles. The minimum absolute atomic E-state index is 0.687. The molecule has 2 atom stereocenters. The molecule has 0 spiro atoms. The predicted octanol–water partition coefficient (Wildman–Crippen LogP) is 5.84. The van der Waals surface area contributed by atoms with Crippen molar-refractivity contribution in [3.8, 4) is 0 Å². The van der Waals surface area contributed by atoms with E-state index in [4.69, 9.17) is 0 Å². The number of piperidine rings is 3. The number of hydrogen-bond donors (Lipinski definition) is 1. The second-order valence-corrected chi connectivity index (χ2v) is 9.10. The van der Waals surface area contributed by atoms with Gasteiger partial charge in [-0.05, 0) is 74.4 Å². The fourth-order valence-corrected chi connectivity index (χ4v) is 5.11. The molecule has 3 heterocycles. The minimum Gasteiger partial charge on any atom is -0.308 e. The van der Waals surface area contributed by atoms with Gasteiger partial charge in [0.2, 0.25) is 0 Å². The van der Waals surface area contributed by atoms with Gasteiger partial charge in [-0.25, -0.2) is 0 Å². The average molecular weight is 413 g/mol. The summed E-state index contributed by atoms with van der Waals surface area (Å²) in [6.07, 6.45) is 3.80. The van der Waals surface area contributed by atoms with Crippen LogP contribution < -0.4 is 5.32 Å². The van der Waals surface area contributed by atoms with Crippen LogP contribution in [0.4, 0.5) is 0 Å². The molecule has 3 aliphatic heterocycles. The topological polar surface area (TPSA) is 15.3 Å². The van der Waals surface area contributed by atoms with Crippen molar-refractivity contribution in [1.82, 2.24) is 10.2 Å². The number of fused-ring (bicyclic) bond motifs is 3. The van der Waals surface area contributed by atoms with Crippen molar-refractivity contribution >= 4 is 0 Å². The number of nitrogens with one attached hydrogen (secondary N) is 1. The van der Waals surface area contributed by atoms with Gasteiger partial charge in [-0.2, -0.15) is 0 Å². The highest BCUT2D eigenvalue weighted by molar-refractivity contribution is 5.26. The van der Waals surface area contributed by atoms with Crippen LogP contribution in [0.1, 0.15) is 42.0 Å². The van der Waals surface area contributed by atoms with E-state index in [-0.39, 0.29) is 0 Å². The molecule has 2 bridgehead atoms. The third-order valence-corrected chi connectivity index (χ3v) is 7.06. The van der Waals surface area contributed by atoms with Gasteiger partial charge in [-0.1, -0.05) is 84.9 Å². The highest BCUT2D eigenvalue weighted by atomic mass is 15.2. The molecule has 31 heavy (non-hydrogen) atoms. The maximum absolute atomic E-state index is 3.82. The fourth-order valence-electron chi connectivity index (χ4n) is 5.11. The molecule has 0 aliphatic carbocycles. The lowest BCUT2D eigenvalue weighted by Crippen LogP contribution is -2.61. The SMILES string of the molecule is Cc1ccccc1CNC1C2CCN(CC2)C1C.c1ccc(Cc2ccccc2)cc1. The first-order chi connectivity index (χ1) is 15.2. The minimum atomic E-state index is 0.687. The molecule has 0 radical (unpaired) electrons. The molecule has 6 rings (SSSR count). The Balaban J connectivity index is 0.000000158. The smallest absolute Gasteiger partial charge is 0.0253 e. The van der Waals surface area contributed by atoms with Crippen LogP contribution in [0, 0.1) is 12.8 Å². The highest BCUT2D eigenvalue weighted by Crippen LogP contribution is 2.32. The average Bonchev–Trinajstić information content (AvgIpc) is 2.82. The molecule has 3 aromatic rings. The van der Waals surface area contributed by atoms with Crippen LogP contribution in [0.3, 0.4) is 0 Å². The molecule has 2 heteroatoms. The summed E-state index contributed by atoms with van der Waals surface area (Å²) < 4.78 is 0. The summed E-state index contributed by atoms with van der Waals surface area (Å²) in [6.45, 7) is 8.24. The second-order valence-electron chi connectivity index (χ2n) is 9.10. The predicted molar refractivity (Wildman–Crippen MR) is 131 cm³/mol. The van der Waals surface area contributed by atoms with Gasteiger partial charge in [-0.15, -0.1) is 0 Å². The first-order valence-electron chi connectivity index (χ1n) is 11.8. The van der Waals surface area contributed by atoms with Gasteiger partial charge in [0.1, 0.15) is 0 Å². The summed E-state index contributed by atoms with van der Waals surface area (Å²) in [4.78, 5) is 2.65. The summed E-state index contributed by atoms with van der Waals surface area (Å²) in [5.41, 5.74) is 5.59. The molecular formula is C29H36N2. The summed E-state index contributed by atoms with van der Waals surface area (Å²) in [5.74, 6) is 0.897. The molecule has 162 valence electrons. The van der Waals surface area contributed by atoms with Gasteiger partial charge in [0.05, 0.1) is 0 Å². The molecule has 0 amide bonds. The first kappa shape index (κ1) is 21.8. The van der Waals surface area contributed by atoms with Gasteiger partial charge < -0.3 is 5.32 Å². The van der Waals surface area contributed by atoms with E-state index in [2.05, 4.69) is 109 Å². The van der Waals surface area contributed by atoms with Crippen molar-refractivity contribution in [2.45, 2.75) is 51.7 Å². The van der Waals surface area contributed by atoms with E-state index in [9.17, 15) is 0 Å². The lowest BCUT2D eigenvalue weighted by atomic mass is 9.79. The van der Waals surface area contributed by atoms with Crippen molar-refractivity contribution in [3.63, 3.8) is 0 Å². The van der Waals surface area contributed by atoms with Crippen LogP contribution in [0.15, 0.2) is 84.9 Å². The Hall–Kier alpha value is -2.42. The Labute approximate surface area is 188 Å². The number of nitrogens with zero attached hydrogens (tertiary/aromatic N) is 1. The molecule has 1 N–H and O–H groups in total. The van der Waals surface area contributed by atoms with Crippen molar-refractivity contribution < 1.29 is 0 Å². The Morgan fingerprint density at radius 2 is 1.32 bits per heavy atom. The van der Waals surface area contributed by atoms with E-state index in [1.165, 1.54) is 48.2 Å². The zero-order valence-corrected chi connectivity index (χ0v) is 19.0. The van der Waals surface area contributed by atoms with Gasteiger partial charge in [-0.3, -0.25) is 4.90 Å². The summed E-state index contributed by atoms with van der Waals surface area (Å²) in [6, 6.07) is 31.2. The fraction of sp³-hybridized carbons (Fsp3) is 0.379. The molecular weight excluding hydrogens is 376 g/mol. The van der Waals surface area contributed by atoms with E-state index in [1.54, 1.807) is 0 Å². The van der Waals surface area contributed by atoms with Crippen LogP contribution in [0.5, 0.6) is 0 Å². The lowest BCUT2D eigenvalue weighted by molar-refractivity contribution is 0.0215. The monoisotopic (exact) mass is 412 g/mol. The van der Waals surface area contributed by atoms with Gasteiger partial charge in [0.25, 0.3) is 0 Å². The van der Waals surface area contributed by atoms with Crippen LogP contribution >= 0.6 is 0 Å². The first-order valence-corrected chi connectivity index (χ1v) is 11.8. The van der Waals surface area contributed by atoms with E-state index in [1.807, 2.05) is 0 Å². The summed E-state index contributed by atoms with van der Waals surface area (Å²) >= 11 is 0. The van der Waals surface area contributed by atoms with Crippen molar-refractivity contribution in [2.24, 2.45) is 5.92 Å². The molecule has 0 saturated carbocycles. The zero-order valence-electron chi connectivity index (χ0n) is 19.0. The lowest BCUT2D eigenvalue weighted by Gasteiger charge is -2.50. The van der Waals surface area contributed by atoms with E-state index in [0.717, 1.165) is 18.9 Å². The van der Waals surface area contributed by atoms with Crippen LogP contribution in [0.25, 0.3) is 0 Å². The molecule has 0 aromatic heterocycles. The maximum Gasteiger partial charge on any atom is 0.0253 e. The molecule has 3 fully saturated rings. The number of hydrogen-bond acceptors (Lipinski definition) is 2. The third-order valence-electron chi connectivity index (χ3n) is 7.06. The number of rotatable bonds is 5. The normalized spacial score (nSPS) is 24.3. The Bertz CT molecular complexity index is 874. The van der Waals surface area contributed by atoms with Crippen molar-refractivity contribution in [1.29, 1.82) is 0 Å². The molecule has 2 unspecified atom stereocenters. The summed E-state index contributed by atoms with van der Waals surface area (Å²) in [7, 11) is 0. The molecule has 2 nitrogen and oxygen atoms in total. The number of benzene rings is 3. The van der Waals surface area contributed by atoms with Gasteiger partial charge in [0.15, 0.2) is 0 Å². The van der Waals surface area contributed by atoms with Crippen LogP contribution in [0.2, 0.25) is 0 Å². The van der Waals surface area contributed by atoms with Crippen molar-refractivity contribution in [3.05, 3.63) is 107 Å². The third kappa shape index (κ3) is 5.84. The largest absolute Gasteiger partial charge is 0.308 e. The van der Waals surface area contributed by atoms with Gasteiger partial charge in [0, 0.05) is 18.6 Å². The van der Waals surface area contributed by atoms with Crippen molar-refractivity contribution in [2.75, 3.05) is 13.1 Å². The highest BCUT2D eigenvalue weighted by Gasteiger charge is 2.39. The standard InChI is InChI=1S/C16H24N2.C13H12/c1-12-5-3-4-6-15(12)11-17-16-13(2)18-9-7-14(16)8-10-18;1-3-7-12(8-4-1)11-13-9-5-2-6-10-13/h3-6,13-14,16-17H,7-11H2,1-2H3;1-10H,11H2. The molecule has 3 aromatic carbocycles. The van der Waals surface area contributed by atoms with Crippen LogP contribution in [-0.2, 0) is 13.0 Å². The van der Waals surface area contributed by atoms with E-state index < -0.39 is 0 Å². The Kier molecular flexibility index (Phi) is 7.56. The van der Waals surface area contributed by atoms with Gasteiger partial charge >= 0.3 is 0 Å². The zero-order chi connectivity index (χ0) is 21.5. The Morgan fingerprint density at radius 3 is 1.87 bits per heavy atom. The maximum atomic E-state index is 3.82.